The van der Waals surface area contributed by atoms with Gasteiger partial charge in [0.25, 0.3) is 0 Å². The van der Waals surface area contributed by atoms with E-state index in [2.05, 4.69) is 10.3 Å². The van der Waals surface area contributed by atoms with Gasteiger partial charge in [-0.3, -0.25) is 4.98 Å². The highest BCUT2D eigenvalue weighted by atomic mass is 16.3. The zero-order valence-electron chi connectivity index (χ0n) is 7.99. The molecule has 0 amide bonds. The van der Waals surface area contributed by atoms with E-state index in [0.717, 1.165) is 11.4 Å². The molecule has 0 aliphatic heterocycles. The van der Waals surface area contributed by atoms with Crippen molar-refractivity contribution >= 4 is 11.4 Å². The molecule has 4 nitrogen and oxygen atoms in total. The average molecular weight is 181 g/mol. The van der Waals surface area contributed by atoms with Gasteiger partial charge < -0.3 is 15.3 Å². The first-order chi connectivity index (χ1) is 6.27. The lowest BCUT2D eigenvalue weighted by molar-refractivity contribution is 0.304. The summed E-state index contributed by atoms with van der Waals surface area (Å²) in [5.41, 5.74) is 1.98. The zero-order valence-corrected chi connectivity index (χ0v) is 7.99. The van der Waals surface area contributed by atoms with Gasteiger partial charge in [0.05, 0.1) is 30.4 Å². The SMILES string of the molecule is CNc1cncc(N(C)CCO)c1. The fourth-order valence-corrected chi connectivity index (χ4v) is 1.05. The summed E-state index contributed by atoms with van der Waals surface area (Å²) in [7, 11) is 3.78. The molecule has 72 valence electrons. The first-order valence-electron chi connectivity index (χ1n) is 4.22. The van der Waals surface area contributed by atoms with Crippen molar-refractivity contribution in [1.82, 2.24) is 4.98 Å². The number of aliphatic hydroxyl groups is 1. The number of anilines is 2. The van der Waals surface area contributed by atoms with Crippen LogP contribution in [0.1, 0.15) is 0 Å². The van der Waals surface area contributed by atoms with Crippen molar-refractivity contribution in [2.75, 3.05) is 37.5 Å². The molecule has 0 atom stereocenters. The van der Waals surface area contributed by atoms with E-state index in [1.54, 1.807) is 12.4 Å². The second-order valence-corrected chi connectivity index (χ2v) is 2.83. The molecule has 0 saturated heterocycles. The summed E-state index contributed by atoms with van der Waals surface area (Å²) < 4.78 is 0. The van der Waals surface area contributed by atoms with Gasteiger partial charge in [0.2, 0.25) is 0 Å². The monoisotopic (exact) mass is 181 g/mol. The van der Waals surface area contributed by atoms with Gasteiger partial charge in [0.15, 0.2) is 0 Å². The van der Waals surface area contributed by atoms with Gasteiger partial charge >= 0.3 is 0 Å². The van der Waals surface area contributed by atoms with E-state index < -0.39 is 0 Å². The summed E-state index contributed by atoms with van der Waals surface area (Å²) in [6.45, 7) is 0.773. The van der Waals surface area contributed by atoms with E-state index in [-0.39, 0.29) is 6.61 Å². The Kier molecular flexibility index (Phi) is 3.52. The van der Waals surface area contributed by atoms with Gasteiger partial charge in [0, 0.05) is 20.6 Å². The van der Waals surface area contributed by atoms with Crippen LogP contribution in [0.3, 0.4) is 0 Å². The maximum atomic E-state index is 8.75. The molecule has 0 aliphatic rings. The molecule has 13 heavy (non-hydrogen) atoms. The Morgan fingerprint density at radius 1 is 1.54 bits per heavy atom. The molecule has 0 bridgehead atoms. The molecule has 0 radical (unpaired) electrons. The van der Waals surface area contributed by atoms with Gasteiger partial charge in [-0.25, -0.2) is 0 Å². The highest BCUT2D eigenvalue weighted by Gasteiger charge is 2.00. The molecule has 1 aromatic heterocycles. The van der Waals surface area contributed by atoms with Crippen LogP contribution in [0, 0.1) is 0 Å². The van der Waals surface area contributed by atoms with Crippen LogP contribution in [0.2, 0.25) is 0 Å². The molecule has 0 fully saturated rings. The van der Waals surface area contributed by atoms with E-state index in [1.165, 1.54) is 0 Å². The number of hydrogen-bond acceptors (Lipinski definition) is 4. The molecule has 0 aromatic carbocycles. The van der Waals surface area contributed by atoms with Crippen LogP contribution in [-0.2, 0) is 0 Å². The molecule has 0 aliphatic carbocycles. The summed E-state index contributed by atoms with van der Waals surface area (Å²) in [6, 6.07) is 1.99. The molecule has 0 saturated carbocycles. The van der Waals surface area contributed by atoms with Crippen LogP contribution < -0.4 is 10.2 Å². The lowest BCUT2D eigenvalue weighted by atomic mass is 10.3. The molecule has 1 heterocycles. The van der Waals surface area contributed by atoms with E-state index in [4.69, 9.17) is 5.11 Å². The van der Waals surface area contributed by atoms with Crippen molar-refractivity contribution in [3.05, 3.63) is 18.5 Å². The largest absolute Gasteiger partial charge is 0.395 e. The predicted octanol–water partition coefficient (Wildman–Crippen LogP) is 0.552. The Labute approximate surface area is 78.2 Å². The third kappa shape index (κ3) is 2.59. The molecule has 1 aromatic rings. The summed E-state index contributed by atoms with van der Waals surface area (Å²) in [5.74, 6) is 0. The van der Waals surface area contributed by atoms with Gasteiger partial charge in [-0.05, 0) is 6.07 Å². The molecule has 2 N–H and O–H groups in total. The Bertz CT molecular complexity index is 265. The topological polar surface area (TPSA) is 48.4 Å². The molecular formula is C9H15N3O. The van der Waals surface area contributed by atoms with E-state index in [9.17, 15) is 0 Å². The molecule has 1 rings (SSSR count). The zero-order chi connectivity index (χ0) is 9.68. The van der Waals surface area contributed by atoms with Gasteiger partial charge in [-0.1, -0.05) is 0 Å². The normalized spacial score (nSPS) is 9.77. The van der Waals surface area contributed by atoms with Crippen LogP contribution in [0.25, 0.3) is 0 Å². The van der Waals surface area contributed by atoms with Crippen LogP contribution >= 0.6 is 0 Å². The van der Waals surface area contributed by atoms with E-state index in [0.29, 0.717) is 6.54 Å². The number of aliphatic hydroxyl groups excluding tert-OH is 1. The maximum absolute atomic E-state index is 8.75. The van der Waals surface area contributed by atoms with Crippen molar-refractivity contribution < 1.29 is 5.11 Å². The van der Waals surface area contributed by atoms with Crippen molar-refractivity contribution in [3.8, 4) is 0 Å². The van der Waals surface area contributed by atoms with Crippen LogP contribution in [0.15, 0.2) is 18.5 Å². The molecule has 0 unspecified atom stereocenters. The fourth-order valence-electron chi connectivity index (χ4n) is 1.05. The molecule has 0 spiro atoms. The average Bonchev–Trinajstić information content (AvgIpc) is 2.18. The van der Waals surface area contributed by atoms with Crippen LogP contribution in [-0.4, -0.2) is 37.3 Å². The standard InChI is InChI=1S/C9H15N3O/c1-10-8-5-9(7-11-6-8)12(2)3-4-13/h5-7,10,13H,3-4H2,1-2H3. The number of nitrogens with zero attached hydrogens (tertiary/aromatic N) is 2. The van der Waals surface area contributed by atoms with Gasteiger partial charge in [-0.15, -0.1) is 0 Å². The Morgan fingerprint density at radius 2 is 2.31 bits per heavy atom. The lowest BCUT2D eigenvalue weighted by Gasteiger charge is -2.17. The maximum Gasteiger partial charge on any atom is 0.0606 e. The van der Waals surface area contributed by atoms with Gasteiger partial charge in [0.1, 0.15) is 0 Å². The minimum absolute atomic E-state index is 0.153. The van der Waals surface area contributed by atoms with E-state index in [1.807, 2.05) is 25.1 Å². The lowest BCUT2D eigenvalue weighted by Crippen LogP contribution is -2.21. The Balaban J connectivity index is 2.75. The third-order valence-corrected chi connectivity index (χ3v) is 1.89. The first kappa shape index (κ1) is 9.80. The number of rotatable bonds is 4. The third-order valence-electron chi connectivity index (χ3n) is 1.89. The molecular weight excluding hydrogens is 166 g/mol. The summed E-state index contributed by atoms with van der Waals surface area (Å²) in [6.07, 6.45) is 3.53. The van der Waals surface area contributed by atoms with E-state index >= 15 is 0 Å². The highest BCUT2D eigenvalue weighted by molar-refractivity contribution is 5.54. The minimum Gasteiger partial charge on any atom is -0.395 e. The van der Waals surface area contributed by atoms with Crippen molar-refractivity contribution in [3.63, 3.8) is 0 Å². The van der Waals surface area contributed by atoms with Crippen molar-refractivity contribution in [2.24, 2.45) is 0 Å². The highest BCUT2D eigenvalue weighted by Crippen LogP contribution is 2.15. The number of pyridine rings is 1. The number of hydrogen-bond donors (Lipinski definition) is 2. The Morgan fingerprint density at radius 3 is 2.92 bits per heavy atom. The summed E-state index contributed by atoms with van der Waals surface area (Å²) in [5, 5.41) is 11.8. The number of aromatic nitrogens is 1. The van der Waals surface area contributed by atoms with Crippen molar-refractivity contribution in [1.29, 1.82) is 0 Å². The fraction of sp³-hybridized carbons (Fsp3) is 0.444. The second-order valence-electron chi connectivity index (χ2n) is 2.83. The van der Waals surface area contributed by atoms with Crippen molar-refractivity contribution in [2.45, 2.75) is 0 Å². The second kappa shape index (κ2) is 4.67. The first-order valence-corrected chi connectivity index (χ1v) is 4.22. The number of likely N-dealkylation sites (N-methyl/N-ethyl adjacent to an activating group) is 1. The summed E-state index contributed by atoms with van der Waals surface area (Å²) in [4.78, 5) is 6.03. The Hall–Kier alpha value is -1.29. The summed E-state index contributed by atoms with van der Waals surface area (Å²) >= 11 is 0. The quantitative estimate of drug-likeness (QED) is 0.712. The number of nitrogens with one attached hydrogen (secondary N) is 1. The van der Waals surface area contributed by atoms with Crippen LogP contribution in [0.4, 0.5) is 11.4 Å². The smallest absolute Gasteiger partial charge is 0.0606 e. The molecule has 4 heteroatoms. The van der Waals surface area contributed by atoms with Gasteiger partial charge in [-0.2, -0.15) is 0 Å². The van der Waals surface area contributed by atoms with Crippen LogP contribution in [0.5, 0.6) is 0 Å². The minimum atomic E-state index is 0.153. The predicted molar refractivity (Wildman–Crippen MR) is 54.1 cm³/mol.